The summed E-state index contributed by atoms with van der Waals surface area (Å²) in [6.45, 7) is 4.07. The molecule has 0 radical (unpaired) electrons. The van der Waals surface area contributed by atoms with Gasteiger partial charge in [-0.1, -0.05) is 13.8 Å². The molecular formula is C15H22F3NO. The number of halogens is 3. The zero-order valence-electron chi connectivity index (χ0n) is 12.1. The quantitative estimate of drug-likeness (QED) is 0.858. The number of aryl methyl sites for hydroxylation is 1. The van der Waals surface area contributed by atoms with Crippen molar-refractivity contribution in [2.45, 2.75) is 45.3 Å². The molecule has 20 heavy (non-hydrogen) atoms. The Morgan fingerprint density at radius 2 is 1.90 bits per heavy atom. The van der Waals surface area contributed by atoms with Gasteiger partial charge in [0.2, 0.25) is 0 Å². The van der Waals surface area contributed by atoms with Crippen molar-refractivity contribution in [2.75, 3.05) is 7.11 Å². The van der Waals surface area contributed by atoms with E-state index in [1.807, 2.05) is 13.8 Å². The van der Waals surface area contributed by atoms with E-state index >= 15 is 0 Å². The van der Waals surface area contributed by atoms with Gasteiger partial charge in [0, 0.05) is 6.04 Å². The molecule has 0 saturated carbocycles. The van der Waals surface area contributed by atoms with Gasteiger partial charge in [0.15, 0.2) is 0 Å². The molecule has 0 fully saturated rings. The van der Waals surface area contributed by atoms with Gasteiger partial charge < -0.3 is 10.5 Å². The third kappa shape index (κ3) is 4.71. The predicted molar refractivity (Wildman–Crippen MR) is 73.7 cm³/mol. The van der Waals surface area contributed by atoms with Crippen LogP contribution in [-0.4, -0.2) is 13.2 Å². The van der Waals surface area contributed by atoms with E-state index in [-0.39, 0.29) is 6.04 Å². The number of hydrogen-bond donors (Lipinski definition) is 1. The summed E-state index contributed by atoms with van der Waals surface area (Å²) < 4.78 is 43.2. The highest BCUT2D eigenvalue weighted by Gasteiger charge is 2.31. The molecule has 1 rings (SSSR count). The van der Waals surface area contributed by atoms with Crippen LogP contribution >= 0.6 is 0 Å². The molecule has 0 heterocycles. The third-order valence-electron chi connectivity index (χ3n) is 3.45. The Bertz CT molecular complexity index is 430. The van der Waals surface area contributed by atoms with Crippen molar-refractivity contribution >= 4 is 0 Å². The summed E-state index contributed by atoms with van der Waals surface area (Å²) in [6, 6.07) is 3.66. The van der Waals surface area contributed by atoms with Gasteiger partial charge in [-0.3, -0.25) is 0 Å². The van der Waals surface area contributed by atoms with Crippen LogP contribution in [0, 0.1) is 5.92 Å². The summed E-state index contributed by atoms with van der Waals surface area (Å²) in [5, 5.41) is 0. The Hall–Kier alpha value is -1.23. The number of nitrogens with two attached hydrogens (primary N) is 1. The van der Waals surface area contributed by atoms with Crippen LogP contribution in [0.2, 0.25) is 0 Å². The Morgan fingerprint density at radius 1 is 1.25 bits per heavy atom. The lowest BCUT2D eigenvalue weighted by Crippen LogP contribution is -2.26. The van der Waals surface area contributed by atoms with Crippen LogP contribution in [0.3, 0.4) is 0 Å². The van der Waals surface area contributed by atoms with Crippen molar-refractivity contribution in [1.82, 2.24) is 0 Å². The van der Waals surface area contributed by atoms with Gasteiger partial charge in [-0.15, -0.1) is 0 Å². The van der Waals surface area contributed by atoms with Crippen molar-refractivity contribution in [2.24, 2.45) is 11.7 Å². The minimum atomic E-state index is -4.32. The Balaban J connectivity index is 2.77. The fourth-order valence-electron chi connectivity index (χ4n) is 2.01. The topological polar surface area (TPSA) is 35.2 Å². The molecule has 2 N–H and O–H groups in total. The van der Waals surface area contributed by atoms with Crippen molar-refractivity contribution in [3.05, 3.63) is 29.3 Å². The van der Waals surface area contributed by atoms with Gasteiger partial charge in [0.1, 0.15) is 5.75 Å². The molecule has 2 nitrogen and oxygen atoms in total. The molecule has 0 aliphatic heterocycles. The lowest BCUT2D eigenvalue weighted by atomic mass is 9.97. The number of benzene rings is 1. The zero-order chi connectivity index (χ0) is 15.3. The molecular weight excluding hydrogens is 267 g/mol. The number of alkyl halides is 3. The van der Waals surface area contributed by atoms with Crippen LogP contribution in [0.4, 0.5) is 13.2 Å². The fourth-order valence-corrected chi connectivity index (χ4v) is 2.01. The van der Waals surface area contributed by atoms with Crippen molar-refractivity contribution < 1.29 is 17.9 Å². The van der Waals surface area contributed by atoms with E-state index in [0.717, 1.165) is 18.9 Å². The van der Waals surface area contributed by atoms with E-state index in [0.29, 0.717) is 23.7 Å². The minimum absolute atomic E-state index is 0.0757. The van der Waals surface area contributed by atoms with Crippen LogP contribution in [0.5, 0.6) is 5.75 Å². The first-order valence-electron chi connectivity index (χ1n) is 6.75. The minimum Gasteiger partial charge on any atom is -0.496 e. The van der Waals surface area contributed by atoms with Gasteiger partial charge in [-0.05, 0) is 48.9 Å². The second-order valence-electron chi connectivity index (χ2n) is 5.32. The summed E-state index contributed by atoms with van der Waals surface area (Å²) in [4.78, 5) is 0. The molecule has 0 amide bonds. The van der Waals surface area contributed by atoms with Gasteiger partial charge in [0.25, 0.3) is 0 Å². The summed E-state index contributed by atoms with van der Waals surface area (Å²) in [7, 11) is 1.46. The molecule has 1 atom stereocenters. The average Bonchev–Trinajstić information content (AvgIpc) is 2.37. The first-order chi connectivity index (χ1) is 9.25. The zero-order valence-corrected chi connectivity index (χ0v) is 12.1. The summed E-state index contributed by atoms with van der Waals surface area (Å²) >= 11 is 0. The standard InChI is InChI=1S/C15H22F3NO/c1-10(2)13(19)6-4-5-11-9-12(15(16,17)18)7-8-14(11)20-3/h7-10,13H,4-6,19H2,1-3H3. The maximum Gasteiger partial charge on any atom is 0.416 e. The molecule has 114 valence electrons. The van der Waals surface area contributed by atoms with Gasteiger partial charge in [0.05, 0.1) is 12.7 Å². The Labute approximate surface area is 118 Å². The van der Waals surface area contributed by atoms with Crippen molar-refractivity contribution in [1.29, 1.82) is 0 Å². The van der Waals surface area contributed by atoms with Crippen LogP contribution < -0.4 is 10.5 Å². The van der Waals surface area contributed by atoms with E-state index in [2.05, 4.69) is 0 Å². The van der Waals surface area contributed by atoms with Gasteiger partial charge in [-0.25, -0.2) is 0 Å². The molecule has 0 bridgehead atoms. The molecule has 1 unspecified atom stereocenters. The van der Waals surface area contributed by atoms with Crippen molar-refractivity contribution in [3.63, 3.8) is 0 Å². The van der Waals surface area contributed by atoms with Gasteiger partial charge in [-0.2, -0.15) is 13.2 Å². The number of hydrogen-bond acceptors (Lipinski definition) is 2. The van der Waals surface area contributed by atoms with E-state index in [1.54, 1.807) is 0 Å². The largest absolute Gasteiger partial charge is 0.496 e. The lowest BCUT2D eigenvalue weighted by molar-refractivity contribution is -0.137. The maximum atomic E-state index is 12.7. The molecule has 5 heteroatoms. The monoisotopic (exact) mass is 289 g/mol. The number of methoxy groups -OCH3 is 1. The normalized spacial score (nSPS) is 13.6. The Morgan fingerprint density at radius 3 is 2.40 bits per heavy atom. The fraction of sp³-hybridized carbons (Fsp3) is 0.600. The summed E-state index contributed by atoms with van der Waals surface area (Å²) in [6.07, 6.45) is -2.25. The maximum absolute atomic E-state index is 12.7. The van der Waals surface area contributed by atoms with Crippen molar-refractivity contribution in [3.8, 4) is 5.75 Å². The summed E-state index contributed by atoms with van der Waals surface area (Å²) in [5.74, 6) is 0.870. The van der Waals surface area contributed by atoms with Crippen LogP contribution in [-0.2, 0) is 12.6 Å². The highest BCUT2D eigenvalue weighted by molar-refractivity contribution is 5.38. The first kappa shape index (κ1) is 16.8. The molecule has 0 saturated heterocycles. The number of rotatable bonds is 6. The smallest absolute Gasteiger partial charge is 0.416 e. The van der Waals surface area contributed by atoms with E-state index in [1.165, 1.54) is 19.2 Å². The average molecular weight is 289 g/mol. The van der Waals surface area contributed by atoms with E-state index in [4.69, 9.17) is 10.5 Å². The molecule has 0 spiro atoms. The predicted octanol–water partition coefficient (Wildman–Crippen LogP) is 4.02. The second-order valence-corrected chi connectivity index (χ2v) is 5.32. The van der Waals surface area contributed by atoms with Gasteiger partial charge >= 0.3 is 6.18 Å². The molecule has 1 aromatic rings. The van der Waals surface area contributed by atoms with E-state index in [9.17, 15) is 13.2 Å². The molecule has 0 aliphatic carbocycles. The van der Waals surface area contributed by atoms with E-state index < -0.39 is 11.7 Å². The summed E-state index contributed by atoms with van der Waals surface area (Å²) in [5.41, 5.74) is 5.88. The molecule has 1 aromatic carbocycles. The number of ether oxygens (including phenoxy) is 1. The third-order valence-corrected chi connectivity index (χ3v) is 3.45. The molecule has 0 aliphatic rings. The van der Waals surface area contributed by atoms with Crippen LogP contribution in [0.15, 0.2) is 18.2 Å². The Kier molecular flexibility index (Phi) is 5.87. The molecule has 0 aromatic heterocycles. The van der Waals surface area contributed by atoms with Crippen LogP contribution in [0.25, 0.3) is 0 Å². The first-order valence-corrected chi connectivity index (χ1v) is 6.75. The lowest BCUT2D eigenvalue weighted by Gasteiger charge is -2.16. The highest BCUT2D eigenvalue weighted by atomic mass is 19.4. The SMILES string of the molecule is COc1ccc(C(F)(F)F)cc1CCCC(N)C(C)C. The van der Waals surface area contributed by atoms with Crippen LogP contribution in [0.1, 0.15) is 37.8 Å². The highest BCUT2D eigenvalue weighted by Crippen LogP contribution is 2.33. The second kappa shape index (κ2) is 6.97.